The molecule has 1 amide bonds. The number of nitro benzene ring substituents is 1. The molecule has 130 valence electrons. The second-order valence-corrected chi connectivity index (χ2v) is 5.58. The van der Waals surface area contributed by atoms with E-state index < -0.39 is 22.3 Å². The Morgan fingerprint density at radius 3 is 2.88 bits per heavy atom. The summed E-state index contributed by atoms with van der Waals surface area (Å²) in [7, 11) is 0. The summed E-state index contributed by atoms with van der Waals surface area (Å²) in [6.45, 7) is 1.90. The summed E-state index contributed by atoms with van der Waals surface area (Å²) in [5.74, 6) is -1.10. The topological polar surface area (TPSA) is 127 Å². The Labute approximate surface area is 150 Å². The van der Waals surface area contributed by atoms with Gasteiger partial charge in [0.1, 0.15) is 0 Å². The minimum absolute atomic E-state index is 0.0410. The lowest BCUT2D eigenvalue weighted by Crippen LogP contribution is -2.17. The summed E-state index contributed by atoms with van der Waals surface area (Å²) in [4.78, 5) is 26.1. The van der Waals surface area contributed by atoms with Crippen LogP contribution in [-0.2, 0) is 0 Å². The Hall–Kier alpha value is -3.01. The number of amides is 1. The molecule has 2 rings (SSSR count). The highest BCUT2D eigenvalue weighted by molar-refractivity contribution is 9.10. The number of nitrogens with one attached hydrogen (secondary N) is 1. The highest BCUT2D eigenvalue weighted by Gasteiger charge is 2.19. The molecule has 2 aromatic rings. The Morgan fingerprint density at radius 1 is 1.48 bits per heavy atom. The van der Waals surface area contributed by atoms with Crippen LogP contribution in [0.15, 0.2) is 40.2 Å². The third-order valence-electron chi connectivity index (χ3n) is 2.92. The van der Waals surface area contributed by atoms with Crippen LogP contribution in [0.2, 0.25) is 0 Å². The molecular formula is C15H13BrN4O5. The van der Waals surface area contributed by atoms with Gasteiger partial charge in [-0.1, -0.05) is 0 Å². The highest BCUT2D eigenvalue weighted by atomic mass is 79.9. The molecule has 1 aromatic carbocycles. The zero-order valence-corrected chi connectivity index (χ0v) is 14.6. The van der Waals surface area contributed by atoms with E-state index in [-0.39, 0.29) is 17.9 Å². The minimum atomic E-state index is -0.735. The second-order valence-electron chi connectivity index (χ2n) is 4.67. The van der Waals surface area contributed by atoms with Crippen LogP contribution in [-0.4, -0.2) is 33.7 Å². The number of carbonyl (C=O) groups excluding carboxylic acids is 1. The third kappa shape index (κ3) is 4.73. The van der Waals surface area contributed by atoms with Gasteiger partial charge in [0.05, 0.1) is 23.3 Å². The molecule has 2 N–H and O–H groups in total. The van der Waals surface area contributed by atoms with Crippen LogP contribution in [0.3, 0.4) is 0 Å². The molecule has 10 heteroatoms. The number of pyridine rings is 1. The van der Waals surface area contributed by atoms with Crippen molar-refractivity contribution in [2.45, 2.75) is 6.92 Å². The van der Waals surface area contributed by atoms with Gasteiger partial charge in [0.15, 0.2) is 5.75 Å². The predicted molar refractivity (Wildman–Crippen MR) is 92.9 cm³/mol. The van der Waals surface area contributed by atoms with Gasteiger partial charge < -0.3 is 9.84 Å². The molecule has 0 saturated carbocycles. The van der Waals surface area contributed by atoms with Gasteiger partial charge >= 0.3 is 5.69 Å². The number of benzene rings is 1. The van der Waals surface area contributed by atoms with Crippen molar-refractivity contribution in [1.29, 1.82) is 0 Å². The van der Waals surface area contributed by atoms with Gasteiger partial charge in [-0.25, -0.2) is 5.43 Å². The number of nitro groups is 1. The fourth-order valence-electron chi connectivity index (χ4n) is 1.86. The van der Waals surface area contributed by atoms with Crippen molar-refractivity contribution >= 4 is 33.7 Å². The van der Waals surface area contributed by atoms with E-state index in [0.29, 0.717) is 10.0 Å². The zero-order valence-electron chi connectivity index (χ0n) is 13.0. The monoisotopic (exact) mass is 408 g/mol. The SMILES string of the molecule is CCOc1cc(C=NNC(=O)c2cncc(Br)c2)cc([N+](=O)[O-])c1O. The zero-order chi connectivity index (χ0) is 18.4. The van der Waals surface area contributed by atoms with Crippen molar-refractivity contribution < 1.29 is 19.6 Å². The molecule has 0 radical (unpaired) electrons. The van der Waals surface area contributed by atoms with E-state index >= 15 is 0 Å². The van der Waals surface area contributed by atoms with Crippen LogP contribution >= 0.6 is 15.9 Å². The van der Waals surface area contributed by atoms with Crippen LogP contribution < -0.4 is 10.2 Å². The van der Waals surface area contributed by atoms with Gasteiger partial charge in [-0.05, 0) is 35.0 Å². The number of phenols is 1. The summed E-state index contributed by atoms with van der Waals surface area (Å²) in [6.07, 6.45) is 4.11. The molecule has 0 bridgehead atoms. The van der Waals surface area contributed by atoms with Crippen molar-refractivity contribution in [3.63, 3.8) is 0 Å². The average molecular weight is 409 g/mol. The maximum absolute atomic E-state index is 11.9. The number of aromatic hydroxyl groups is 1. The third-order valence-corrected chi connectivity index (χ3v) is 3.35. The van der Waals surface area contributed by atoms with E-state index in [1.54, 1.807) is 13.0 Å². The molecule has 25 heavy (non-hydrogen) atoms. The van der Waals surface area contributed by atoms with Crippen LogP contribution in [0, 0.1) is 10.1 Å². The number of aromatic nitrogens is 1. The van der Waals surface area contributed by atoms with E-state index in [1.807, 2.05) is 0 Å². The normalized spacial score (nSPS) is 10.6. The molecule has 9 nitrogen and oxygen atoms in total. The molecule has 1 aromatic heterocycles. The maximum Gasteiger partial charge on any atom is 0.315 e. The summed E-state index contributed by atoms with van der Waals surface area (Å²) in [6, 6.07) is 4.06. The van der Waals surface area contributed by atoms with E-state index in [9.17, 15) is 20.0 Å². The van der Waals surface area contributed by atoms with E-state index in [4.69, 9.17) is 4.74 Å². The summed E-state index contributed by atoms with van der Waals surface area (Å²) < 4.78 is 5.80. The Balaban J connectivity index is 2.20. The number of halogens is 1. The second kappa shape index (κ2) is 8.20. The fraction of sp³-hybridized carbons (Fsp3) is 0.133. The number of carbonyl (C=O) groups is 1. The number of ether oxygens (including phenoxy) is 1. The lowest BCUT2D eigenvalue weighted by molar-refractivity contribution is -0.386. The minimum Gasteiger partial charge on any atom is -0.500 e. The molecule has 0 aliphatic rings. The predicted octanol–water partition coefficient (Wildman–Crippen LogP) is 2.62. The van der Waals surface area contributed by atoms with Gasteiger partial charge in [0.25, 0.3) is 5.91 Å². The van der Waals surface area contributed by atoms with E-state index in [1.165, 1.54) is 24.7 Å². The van der Waals surface area contributed by atoms with Crippen molar-refractivity contribution in [3.05, 3.63) is 56.3 Å². The first-order chi connectivity index (χ1) is 11.9. The Bertz CT molecular complexity index is 841. The Kier molecular flexibility index (Phi) is 6.01. The van der Waals surface area contributed by atoms with Crippen molar-refractivity contribution in [2.75, 3.05) is 6.61 Å². The number of nitrogens with zero attached hydrogens (tertiary/aromatic N) is 3. The Morgan fingerprint density at radius 2 is 2.24 bits per heavy atom. The quantitative estimate of drug-likeness (QED) is 0.429. The molecule has 0 aliphatic carbocycles. The largest absolute Gasteiger partial charge is 0.500 e. The van der Waals surface area contributed by atoms with Crippen LogP contribution in [0.1, 0.15) is 22.8 Å². The van der Waals surface area contributed by atoms with Gasteiger partial charge in [0, 0.05) is 28.5 Å². The van der Waals surface area contributed by atoms with Gasteiger partial charge in [-0.3, -0.25) is 19.9 Å². The molecule has 0 spiro atoms. The summed E-state index contributed by atoms with van der Waals surface area (Å²) in [5, 5.41) is 24.6. The van der Waals surface area contributed by atoms with Gasteiger partial charge in [-0.2, -0.15) is 5.10 Å². The first-order valence-corrected chi connectivity index (χ1v) is 7.79. The van der Waals surface area contributed by atoms with E-state index in [2.05, 4.69) is 31.4 Å². The maximum atomic E-state index is 11.9. The van der Waals surface area contributed by atoms with Crippen LogP contribution in [0.25, 0.3) is 0 Å². The van der Waals surface area contributed by atoms with Crippen molar-refractivity contribution in [1.82, 2.24) is 10.4 Å². The smallest absolute Gasteiger partial charge is 0.315 e. The average Bonchev–Trinajstić information content (AvgIpc) is 2.57. The highest BCUT2D eigenvalue weighted by Crippen LogP contribution is 2.36. The van der Waals surface area contributed by atoms with Crippen LogP contribution in [0.5, 0.6) is 11.5 Å². The standard InChI is InChI=1S/C15H13BrN4O5/c1-2-25-13-4-9(3-12(14(13)21)20(23)24)6-18-19-15(22)10-5-11(16)8-17-7-10/h3-8,21H,2H2,1H3,(H,19,22). The molecular weight excluding hydrogens is 396 g/mol. The fourth-order valence-corrected chi connectivity index (χ4v) is 2.22. The molecule has 1 heterocycles. The van der Waals surface area contributed by atoms with E-state index in [0.717, 1.165) is 6.07 Å². The number of hydrogen-bond acceptors (Lipinski definition) is 7. The summed E-state index contributed by atoms with van der Waals surface area (Å²) >= 11 is 3.20. The number of phenolic OH excluding ortho intramolecular Hbond substituents is 1. The first-order valence-electron chi connectivity index (χ1n) is 7.00. The number of rotatable bonds is 6. The van der Waals surface area contributed by atoms with Crippen molar-refractivity contribution in [2.24, 2.45) is 5.10 Å². The molecule has 0 fully saturated rings. The van der Waals surface area contributed by atoms with Crippen molar-refractivity contribution in [3.8, 4) is 11.5 Å². The molecule has 0 atom stereocenters. The lowest BCUT2D eigenvalue weighted by atomic mass is 10.2. The molecule has 0 aliphatic heterocycles. The van der Waals surface area contributed by atoms with Gasteiger partial charge in [0.2, 0.25) is 5.75 Å². The van der Waals surface area contributed by atoms with Gasteiger partial charge in [-0.15, -0.1) is 0 Å². The first kappa shape index (κ1) is 18.3. The number of hydrazone groups is 1. The number of hydrogen-bond donors (Lipinski definition) is 2. The summed E-state index contributed by atoms with van der Waals surface area (Å²) in [5.41, 5.74) is 2.34. The van der Waals surface area contributed by atoms with Crippen LogP contribution in [0.4, 0.5) is 5.69 Å². The molecule has 0 saturated heterocycles. The molecule has 0 unspecified atom stereocenters. The lowest BCUT2D eigenvalue weighted by Gasteiger charge is -2.07.